The quantitative estimate of drug-likeness (QED) is 0.911. The van der Waals surface area contributed by atoms with Crippen molar-refractivity contribution in [2.75, 3.05) is 0 Å². The minimum Gasteiger partial charge on any atom is -0.324 e. The van der Waals surface area contributed by atoms with E-state index in [-0.39, 0.29) is 6.04 Å². The van der Waals surface area contributed by atoms with Gasteiger partial charge in [0.15, 0.2) is 5.69 Å². The fourth-order valence-corrected chi connectivity index (χ4v) is 2.18. The second-order valence-corrected chi connectivity index (χ2v) is 5.00. The average Bonchev–Trinajstić information content (AvgIpc) is 2.77. The summed E-state index contributed by atoms with van der Waals surface area (Å²) in [5.74, 6) is 0. The van der Waals surface area contributed by atoms with Crippen LogP contribution in [0.4, 0.5) is 13.2 Å². The van der Waals surface area contributed by atoms with E-state index in [2.05, 4.69) is 21.0 Å². The van der Waals surface area contributed by atoms with E-state index in [1.165, 1.54) is 10.9 Å². The third-order valence-electron chi connectivity index (χ3n) is 2.62. The van der Waals surface area contributed by atoms with Gasteiger partial charge < -0.3 is 5.73 Å². The summed E-state index contributed by atoms with van der Waals surface area (Å²) in [6, 6.07) is 6.00. The first-order valence-corrected chi connectivity index (χ1v) is 6.26. The van der Waals surface area contributed by atoms with Gasteiger partial charge in [0.2, 0.25) is 0 Å². The summed E-state index contributed by atoms with van der Waals surface area (Å²) in [5.41, 5.74) is 6.24. The second kappa shape index (κ2) is 4.97. The van der Waals surface area contributed by atoms with Crippen molar-refractivity contribution < 1.29 is 13.2 Å². The Morgan fingerprint density at radius 1 is 1.32 bits per heavy atom. The number of nitrogens with two attached hydrogens (primary N) is 1. The van der Waals surface area contributed by atoms with Gasteiger partial charge in [-0.1, -0.05) is 6.07 Å². The molecule has 0 amide bonds. The number of halogens is 4. The fraction of sp³-hybridized carbons (Fsp3) is 0.250. The summed E-state index contributed by atoms with van der Waals surface area (Å²) in [6.07, 6.45) is -3.17. The molecule has 0 fully saturated rings. The number of hydrogen-bond acceptors (Lipinski definition) is 2. The van der Waals surface area contributed by atoms with Crippen LogP contribution >= 0.6 is 15.9 Å². The average molecular weight is 334 g/mol. The minimum absolute atomic E-state index is 0.145. The van der Waals surface area contributed by atoms with Crippen LogP contribution in [0.15, 0.2) is 34.9 Å². The van der Waals surface area contributed by atoms with Crippen LogP contribution in [0.3, 0.4) is 0 Å². The van der Waals surface area contributed by atoms with E-state index in [0.717, 1.165) is 11.6 Å². The van der Waals surface area contributed by atoms with Crippen molar-refractivity contribution >= 4 is 15.9 Å². The maximum Gasteiger partial charge on any atom is 0.435 e. The van der Waals surface area contributed by atoms with E-state index < -0.39 is 11.9 Å². The van der Waals surface area contributed by atoms with Crippen LogP contribution in [0.25, 0.3) is 5.69 Å². The van der Waals surface area contributed by atoms with Gasteiger partial charge in [0.25, 0.3) is 0 Å². The van der Waals surface area contributed by atoms with E-state index in [0.29, 0.717) is 10.2 Å². The summed E-state index contributed by atoms with van der Waals surface area (Å²) in [6.45, 7) is 1.83. The van der Waals surface area contributed by atoms with Crippen LogP contribution in [-0.2, 0) is 6.18 Å². The van der Waals surface area contributed by atoms with Gasteiger partial charge in [0.1, 0.15) is 0 Å². The highest BCUT2D eigenvalue weighted by Gasteiger charge is 2.33. The first kappa shape index (κ1) is 14.1. The highest BCUT2D eigenvalue weighted by Crippen LogP contribution is 2.29. The Morgan fingerprint density at radius 2 is 2.00 bits per heavy atom. The molecule has 0 saturated carbocycles. The predicted molar refractivity (Wildman–Crippen MR) is 68.9 cm³/mol. The zero-order chi connectivity index (χ0) is 14.2. The van der Waals surface area contributed by atoms with Gasteiger partial charge in [0.05, 0.1) is 5.69 Å². The standard InChI is InChI=1S/C12H11BrF3N3/c1-7(17)8-2-3-10(9(13)6-8)19-5-4-11(18-19)12(14,15)16/h2-7H,17H2,1H3. The third kappa shape index (κ3) is 2.98. The first-order valence-electron chi connectivity index (χ1n) is 5.47. The Balaban J connectivity index is 2.40. The van der Waals surface area contributed by atoms with Crippen LogP contribution in [-0.4, -0.2) is 9.78 Å². The summed E-state index contributed by atoms with van der Waals surface area (Å²) >= 11 is 3.31. The largest absolute Gasteiger partial charge is 0.435 e. The highest BCUT2D eigenvalue weighted by atomic mass is 79.9. The molecule has 0 aliphatic heterocycles. The molecule has 2 N–H and O–H groups in total. The van der Waals surface area contributed by atoms with E-state index in [9.17, 15) is 13.2 Å². The van der Waals surface area contributed by atoms with Crippen LogP contribution in [0, 0.1) is 0 Å². The van der Waals surface area contributed by atoms with Crippen molar-refractivity contribution in [1.82, 2.24) is 9.78 Å². The molecule has 0 aliphatic rings. The molecule has 1 atom stereocenters. The Kier molecular flexibility index (Phi) is 3.69. The van der Waals surface area contributed by atoms with Crippen LogP contribution < -0.4 is 5.73 Å². The molecule has 0 saturated heterocycles. The predicted octanol–water partition coefficient (Wildman–Crippen LogP) is 3.67. The second-order valence-electron chi connectivity index (χ2n) is 4.14. The first-order chi connectivity index (χ1) is 8.79. The van der Waals surface area contributed by atoms with Crippen LogP contribution in [0.5, 0.6) is 0 Å². The lowest BCUT2D eigenvalue weighted by molar-refractivity contribution is -0.141. The molecule has 102 valence electrons. The zero-order valence-electron chi connectivity index (χ0n) is 9.95. The number of alkyl halides is 3. The van der Waals surface area contributed by atoms with Crippen molar-refractivity contribution in [2.24, 2.45) is 5.73 Å². The molecule has 0 aliphatic carbocycles. The van der Waals surface area contributed by atoms with Crippen molar-refractivity contribution in [1.29, 1.82) is 0 Å². The van der Waals surface area contributed by atoms with Crippen molar-refractivity contribution in [3.63, 3.8) is 0 Å². The van der Waals surface area contributed by atoms with Crippen molar-refractivity contribution in [2.45, 2.75) is 19.1 Å². The molecule has 2 rings (SSSR count). The van der Waals surface area contributed by atoms with E-state index >= 15 is 0 Å². The van der Waals surface area contributed by atoms with Gasteiger partial charge in [-0.3, -0.25) is 0 Å². The van der Waals surface area contributed by atoms with Gasteiger partial charge >= 0.3 is 6.18 Å². The monoisotopic (exact) mass is 333 g/mol. The van der Waals surface area contributed by atoms with Crippen LogP contribution in [0.2, 0.25) is 0 Å². The number of benzene rings is 1. The lowest BCUT2D eigenvalue weighted by atomic mass is 10.1. The van der Waals surface area contributed by atoms with E-state index in [1.54, 1.807) is 18.2 Å². The van der Waals surface area contributed by atoms with Crippen molar-refractivity contribution in [3.8, 4) is 5.69 Å². The number of aromatic nitrogens is 2. The molecule has 0 spiro atoms. The Morgan fingerprint density at radius 3 is 2.47 bits per heavy atom. The zero-order valence-corrected chi connectivity index (χ0v) is 11.5. The van der Waals surface area contributed by atoms with Crippen molar-refractivity contribution in [3.05, 3.63) is 46.2 Å². The Bertz CT molecular complexity index is 590. The molecule has 3 nitrogen and oxygen atoms in total. The number of hydrogen-bond donors (Lipinski definition) is 1. The van der Waals surface area contributed by atoms with E-state index in [4.69, 9.17) is 5.73 Å². The summed E-state index contributed by atoms with van der Waals surface area (Å²) in [5, 5.41) is 3.52. The SMILES string of the molecule is CC(N)c1ccc(-n2ccc(C(F)(F)F)n2)c(Br)c1. The molecule has 1 heterocycles. The van der Waals surface area contributed by atoms with Gasteiger partial charge in [-0.2, -0.15) is 18.3 Å². The molecular weight excluding hydrogens is 323 g/mol. The molecule has 1 aromatic heterocycles. The Hall–Kier alpha value is -1.34. The lowest BCUT2D eigenvalue weighted by Gasteiger charge is -2.10. The normalized spacial score (nSPS) is 13.6. The van der Waals surface area contributed by atoms with Gasteiger partial charge in [-0.05, 0) is 46.6 Å². The maximum absolute atomic E-state index is 12.5. The molecule has 0 radical (unpaired) electrons. The smallest absolute Gasteiger partial charge is 0.324 e. The topological polar surface area (TPSA) is 43.8 Å². The molecule has 1 unspecified atom stereocenters. The molecule has 0 bridgehead atoms. The van der Waals surface area contributed by atoms with E-state index in [1.807, 2.05) is 6.92 Å². The molecular formula is C12H11BrF3N3. The number of rotatable bonds is 2. The minimum atomic E-state index is -4.44. The van der Waals surface area contributed by atoms with Crippen LogP contribution in [0.1, 0.15) is 24.2 Å². The van der Waals surface area contributed by atoms with Gasteiger partial charge in [-0.25, -0.2) is 4.68 Å². The summed E-state index contributed by atoms with van der Waals surface area (Å²) in [4.78, 5) is 0. The highest BCUT2D eigenvalue weighted by molar-refractivity contribution is 9.10. The Labute approximate surface area is 116 Å². The maximum atomic E-state index is 12.5. The molecule has 19 heavy (non-hydrogen) atoms. The molecule has 7 heteroatoms. The van der Waals surface area contributed by atoms with Gasteiger partial charge in [0, 0.05) is 16.7 Å². The molecule has 1 aromatic carbocycles. The number of nitrogens with zero attached hydrogens (tertiary/aromatic N) is 2. The molecule has 2 aromatic rings. The third-order valence-corrected chi connectivity index (χ3v) is 3.26. The fourth-order valence-electron chi connectivity index (χ4n) is 1.60. The summed E-state index contributed by atoms with van der Waals surface area (Å²) < 4.78 is 39.3. The lowest BCUT2D eigenvalue weighted by Crippen LogP contribution is -2.08. The summed E-state index contributed by atoms with van der Waals surface area (Å²) in [7, 11) is 0. The van der Waals surface area contributed by atoms with Gasteiger partial charge in [-0.15, -0.1) is 0 Å².